The number of carbonyl (C=O) groups is 2. The van der Waals surface area contributed by atoms with E-state index in [-0.39, 0.29) is 18.4 Å². The zero-order valence-electron chi connectivity index (χ0n) is 15.7. The van der Waals surface area contributed by atoms with E-state index in [1.165, 1.54) is 4.90 Å². The van der Waals surface area contributed by atoms with E-state index in [2.05, 4.69) is 10.5 Å². The van der Waals surface area contributed by atoms with Crippen LogP contribution in [0.1, 0.15) is 45.4 Å². The Kier molecular flexibility index (Phi) is 5.62. The summed E-state index contributed by atoms with van der Waals surface area (Å²) < 4.78 is 5.16. The van der Waals surface area contributed by atoms with Gasteiger partial charge in [0.25, 0.3) is 5.91 Å². The number of hydrogen-bond acceptors (Lipinski definition) is 4. The summed E-state index contributed by atoms with van der Waals surface area (Å²) in [7, 11) is 1.60. The van der Waals surface area contributed by atoms with Crippen molar-refractivity contribution in [2.45, 2.75) is 41.0 Å². The number of rotatable bonds is 5. The normalized spacial score (nSPS) is 10.6. The number of benzene rings is 1. The summed E-state index contributed by atoms with van der Waals surface area (Å²) in [6, 6.07) is 4.04. The number of aryl methyl sites for hydroxylation is 5. The largest absolute Gasteiger partial charge is 0.360 e. The molecule has 0 aliphatic heterocycles. The molecule has 6 nitrogen and oxygen atoms in total. The fourth-order valence-electron chi connectivity index (χ4n) is 2.97. The minimum Gasteiger partial charge on any atom is -0.360 e. The van der Waals surface area contributed by atoms with Crippen molar-refractivity contribution >= 4 is 17.5 Å². The van der Waals surface area contributed by atoms with Gasteiger partial charge < -0.3 is 14.7 Å². The first kappa shape index (κ1) is 18.7. The molecule has 1 aromatic heterocycles. The van der Waals surface area contributed by atoms with Gasteiger partial charge in [0.05, 0.1) is 12.2 Å². The van der Waals surface area contributed by atoms with E-state index in [1.807, 2.05) is 39.8 Å². The van der Waals surface area contributed by atoms with Crippen molar-refractivity contribution in [2.24, 2.45) is 0 Å². The average molecular weight is 343 g/mol. The quantitative estimate of drug-likeness (QED) is 0.905. The van der Waals surface area contributed by atoms with Crippen LogP contribution in [-0.2, 0) is 11.2 Å². The topological polar surface area (TPSA) is 75.4 Å². The number of anilines is 1. The van der Waals surface area contributed by atoms with E-state index >= 15 is 0 Å². The highest BCUT2D eigenvalue weighted by Crippen LogP contribution is 2.22. The number of nitrogens with one attached hydrogen (secondary N) is 1. The molecular formula is C19H25N3O3. The summed E-state index contributed by atoms with van der Waals surface area (Å²) in [6.07, 6.45) is 0.573. The molecule has 6 heteroatoms. The minimum absolute atomic E-state index is 0.0423. The highest BCUT2D eigenvalue weighted by molar-refractivity contribution is 6.00. The van der Waals surface area contributed by atoms with Crippen molar-refractivity contribution < 1.29 is 14.1 Å². The van der Waals surface area contributed by atoms with Gasteiger partial charge >= 0.3 is 0 Å². The zero-order chi connectivity index (χ0) is 18.7. The van der Waals surface area contributed by atoms with Crippen molar-refractivity contribution in [1.29, 1.82) is 0 Å². The lowest BCUT2D eigenvalue weighted by Crippen LogP contribution is -2.35. The Hall–Kier alpha value is -2.63. The van der Waals surface area contributed by atoms with Crippen molar-refractivity contribution in [2.75, 3.05) is 18.9 Å². The molecule has 1 N–H and O–H groups in total. The van der Waals surface area contributed by atoms with Crippen LogP contribution in [0.5, 0.6) is 0 Å². The summed E-state index contributed by atoms with van der Waals surface area (Å²) in [5.41, 5.74) is 4.94. The van der Waals surface area contributed by atoms with Crippen LogP contribution in [0, 0.1) is 27.7 Å². The molecule has 2 aromatic rings. The number of likely N-dealkylation sites (N-methyl/N-ethyl adjacent to an activating group) is 1. The molecule has 134 valence electrons. The maximum Gasteiger partial charge on any atom is 0.259 e. The number of amides is 2. The number of carbonyl (C=O) groups excluding carboxylic acids is 2. The third-order valence-electron chi connectivity index (χ3n) is 4.14. The number of aromatic nitrogens is 1. The molecule has 0 bridgehead atoms. The summed E-state index contributed by atoms with van der Waals surface area (Å²) >= 11 is 0. The monoisotopic (exact) mass is 343 g/mol. The second kappa shape index (κ2) is 7.51. The Morgan fingerprint density at radius 3 is 2.32 bits per heavy atom. The average Bonchev–Trinajstić information content (AvgIpc) is 2.90. The van der Waals surface area contributed by atoms with E-state index in [4.69, 9.17) is 4.52 Å². The zero-order valence-corrected chi connectivity index (χ0v) is 15.7. The van der Waals surface area contributed by atoms with Crippen LogP contribution in [0.25, 0.3) is 0 Å². The van der Waals surface area contributed by atoms with Gasteiger partial charge in [0.15, 0.2) is 0 Å². The van der Waals surface area contributed by atoms with E-state index in [0.717, 1.165) is 22.4 Å². The minimum atomic E-state index is -0.261. The van der Waals surface area contributed by atoms with E-state index < -0.39 is 0 Å². The molecule has 1 aromatic carbocycles. The Labute approximate surface area is 148 Å². The smallest absolute Gasteiger partial charge is 0.259 e. The van der Waals surface area contributed by atoms with Crippen LogP contribution in [-0.4, -0.2) is 35.5 Å². The van der Waals surface area contributed by atoms with Crippen molar-refractivity contribution in [3.05, 3.63) is 45.8 Å². The molecule has 1 heterocycles. The fourth-order valence-corrected chi connectivity index (χ4v) is 2.97. The predicted molar refractivity (Wildman–Crippen MR) is 96.9 cm³/mol. The molecule has 0 spiro atoms. The SMILES string of the molecule is CCc1onc(C)c1C(=O)N(C)CC(=O)Nc1c(C)cc(C)cc1C. The van der Waals surface area contributed by atoms with Gasteiger partial charge in [0.1, 0.15) is 11.3 Å². The molecule has 0 aliphatic rings. The van der Waals surface area contributed by atoms with Gasteiger partial charge in [-0.05, 0) is 38.8 Å². The summed E-state index contributed by atoms with van der Waals surface area (Å²) in [5, 5.41) is 6.75. The Morgan fingerprint density at radius 1 is 1.16 bits per heavy atom. The molecule has 0 saturated heterocycles. The molecule has 25 heavy (non-hydrogen) atoms. The number of nitrogens with zero attached hydrogens (tertiary/aromatic N) is 2. The highest BCUT2D eigenvalue weighted by atomic mass is 16.5. The fraction of sp³-hybridized carbons (Fsp3) is 0.421. The third kappa shape index (κ3) is 4.07. The lowest BCUT2D eigenvalue weighted by Gasteiger charge is -2.18. The molecular weight excluding hydrogens is 318 g/mol. The van der Waals surface area contributed by atoms with Gasteiger partial charge in [-0.3, -0.25) is 9.59 Å². The molecule has 2 rings (SSSR count). The van der Waals surface area contributed by atoms with Gasteiger partial charge in [-0.25, -0.2) is 0 Å². The van der Waals surface area contributed by atoms with E-state index in [9.17, 15) is 9.59 Å². The van der Waals surface area contributed by atoms with Crippen LogP contribution in [0.3, 0.4) is 0 Å². The van der Waals surface area contributed by atoms with E-state index in [0.29, 0.717) is 23.4 Å². The standard InChI is InChI=1S/C19H25N3O3/c1-7-15-17(14(5)21-25-15)19(24)22(6)10-16(23)20-18-12(3)8-11(2)9-13(18)4/h8-9H,7,10H2,1-6H3,(H,20,23). The Bertz CT molecular complexity index is 785. The van der Waals surface area contributed by atoms with Crippen LogP contribution >= 0.6 is 0 Å². The molecule has 0 atom stereocenters. The van der Waals surface area contributed by atoms with Crippen molar-refractivity contribution in [3.8, 4) is 0 Å². The molecule has 0 radical (unpaired) electrons. The summed E-state index contributed by atoms with van der Waals surface area (Å²) in [6.45, 7) is 9.51. The molecule has 0 fully saturated rings. The van der Waals surface area contributed by atoms with Gasteiger partial charge in [-0.15, -0.1) is 0 Å². The van der Waals surface area contributed by atoms with Gasteiger partial charge in [-0.2, -0.15) is 0 Å². The van der Waals surface area contributed by atoms with Crippen LogP contribution < -0.4 is 5.32 Å². The van der Waals surface area contributed by atoms with Crippen molar-refractivity contribution in [1.82, 2.24) is 10.1 Å². The molecule has 0 unspecified atom stereocenters. The second-order valence-electron chi connectivity index (χ2n) is 6.40. The summed E-state index contributed by atoms with van der Waals surface area (Å²) in [4.78, 5) is 26.4. The van der Waals surface area contributed by atoms with Crippen LogP contribution in [0.2, 0.25) is 0 Å². The third-order valence-corrected chi connectivity index (χ3v) is 4.14. The first-order valence-corrected chi connectivity index (χ1v) is 8.32. The van der Waals surface area contributed by atoms with Gasteiger partial charge in [0, 0.05) is 19.2 Å². The van der Waals surface area contributed by atoms with Gasteiger partial charge in [-0.1, -0.05) is 29.8 Å². The van der Waals surface area contributed by atoms with Crippen molar-refractivity contribution in [3.63, 3.8) is 0 Å². The van der Waals surface area contributed by atoms with Crippen LogP contribution in [0.15, 0.2) is 16.7 Å². The lowest BCUT2D eigenvalue weighted by atomic mass is 10.1. The first-order valence-electron chi connectivity index (χ1n) is 8.32. The lowest BCUT2D eigenvalue weighted by molar-refractivity contribution is -0.116. The Morgan fingerprint density at radius 2 is 1.76 bits per heavy atom. The Balaban J connectivity index is 2.10. The van der Waals surface area contributed by atoms with Crippen LogP contribution in [0.4, 0.5) is 5.69 Å². The van der Waals surface area contributed by atoms with Gasteiger partial charge in [0.2, 0.25) is 5.91 Å². The number of hydrogen-bond donors (Lipinski definition) is 1. The van der Waals surface area contributed by atoms with E-state index in [1.54, 1.807) is 14.0 Å². The first-order chi connectivity index (χ1) is 11.7. The second-order valence-corrected chi connectivity index (χ2v) is 6.40. The maximum absolute atomic E-state index is 12.6. The summed E-state index contributed by atoms with van der Waals surface area (Å²) in [5.74, 6) is 0.0427. The predicted octanol–water partition coefficient (Wildman–Crippen LogP) is 3.18. The molecule has 2 amide bonds. The maximum atomic E-state index is 12.6. The molecule has 0 aliphatic carbocycles. The highest BCUT2D eigenvalue weighted by Gasteiger charge is 2.23. The molecule has 0 saturated carbocycles.